The molecule has 0 saturated carbocycles. The van der Waals surface area contributed by atoms with Crippen LogP contribution in [0.15, 0.2) is 24.4 Å². The molecule has 2 heterocycles. The van der Waals surface area contributed by atoms with E-state index in [1.165, 1.54) is 0 Å². The Kier molecular flexibility index (Phi) is 10.8. The molecule has 0 bridgehead atoms. The van der Waals surface area contributed by atoms with Crippen LogP contribution in [0.3, 0.4) is 0 Å². The van der Waals surface area contributed by atoms with Gasteiger partial charge in [0.2, 0.25) is 0 Å². The van der Waals surface area contributed by atoms with E-state index < -0.39 is 0 Å². The maximum atomic E-state index is 8.91. The van der Waals surface area contributed by atoms with E-state index in [1.807, 2.05) is 45.9 Å². The summed E-state index contributed by atoms with van der Waals surface area (Å²) in [6.07, 6.45) is 1.76. The first-order valence-electron chi connectivity index (χ1n) is 9.43. The Morgan fingerprint density at radius 2 is 1.58 bits per heavy atom. The molecule has 1 aliphatic rings. The van der Waals surface area contributed by atoms with Gasteiger partial charge in [0, 0.05) is 37.8 Å². The Bertz CT molecular complexity index is 589. The minimum atomic E-state index is -0.290. The summed E-state index contributed by atoms with van der Waals surface area (Å²) in [6.45, 7) is 18.4. The van der Waals surface area contributed by atoms with Crippen molar-refractivity contribution in [2.24, 2.45) is 5.41 Å². The van der Waals surface area contributed by atoms with Crippen LogP contribution in [0.1, 0.15) is 54.2 Å². The molecule has 4 nitrogen and oxygen atoms in total. The van der Waals surface area contributed by atoms with Crippen molar-refractivity contribution in [3.63, 3.8) is 0 Å². The van der Waals surface area contributed by atoms with Crippen molar-refractivity contribution in [1.29, 1.82) is 5.26 Å². The summed E-state index contributed by atoms with van der Waals surface area (Å²) in [6, 6.07) is 8.08. The van der Waals surface area contributed by atoms with Crippen molar-refractivity contribution in [3.05, 3.63) is 30.1 Å². The highest BCUT2D eigenvalue weighted by molar-refractivity contribution is 5.28. The summed E-state index contributed by atoms with van der Waals surface area (Å²) in [5, 5.41) is 8.91. The van der Waals surface area contributed by atoms with Crippen LogP contribution in [-0.4, -0.2) is 53.5 Å². The lowest BCUT2D eigenvalue weighted by molar-refractivity contribution is 0.0935. The Morgan fingerprint density at radius 1 is 1.00 bits per heavy atom. The molecule has 0 aliphatic carbocycles. The van der Waals surface area contributed by atoms with Crippen LogP contribution in [0.2, 0.25) is 0 Å². The standard InChI is InChI=1S/C11H13N.C9H17N3.C2H6/c1-11(2,3)8-7-10-6-4-5-9-12-10;1-9(2,8-10)12-6-4-11(3)5-7-12;1-2/h4-6,9H,1-3H3;4-7H2,1-3H3;1-2H3. The average molecular weight is 357 g/mol. The molecule has 1 aromatic rings. The zero-order valence-corrected chi connectivity index (χ0v) is 17.9. The van der Waals surface area contributed by atoms with Crippen molar-refractivity contribution >= 4 is 0 Å². The van der Waals surface area contributed by atoms with Crippen molar-refractivity contribution in [3.8, 4) is 17.9 Å². The molecule has 1 aliphatic heterocycles. The lowest BCUT2D eigenvalue weighted by atomic mass is 9.98. The van der Waals surface area contributed by atoms with Gasteiger partial charge in [0.1, 0.15) is 11.2 Å². The summed E-state index contributed by atoms with van der Waals surface area (Å²) in [7, 11) is 2.12. The van der Waals surface area contributed by atoms with Crippen LogP contribution >= 0.6 is 0 Å². The summed E-state index contributed by atoms with van der Waals surface area (Å²) in [5.41, 5.74) is 0.603. The molecule has 1 saturated heterocycles. The molecule has 0 unspecified atom stereocenters. The second-order valence-corrected chi connectivity index (χ2v) is 7.68. The van der Waals surface area contributed by atoms with E-state index >= 15 is 0 Å². The predicted octanol–water partition coefficient (Wildman–Crippen LogP) is 4.04. The van der Waals surface area contributed by atoms with E-state index in [2.05, 4.69) is 60.5 Å². The highest BCUT2D eigenvalue weighted by Gasteiger charge is 2.28. The van der Waals surface area contributed by atoms with Gasteiger partial charge in [-0.3, -0.25) is 4.90 Å². The van der Waals surface area contributed by atoms with Gasteiger partial charge < -0.3 is 4.90 Å². The highest BCUT2D eigenvalue weighted by atomic mass is 15.3. The Morgan fingerprint density at radius 3 is 2.00 bits per heavy atom. The van der Waals surface area contributed by atoms with Gasteiger partial charge in [-0.1, -0.05) is 25.8 Å². The zero-order chi connectivity index (χ0) is 20.2. The van der Waals surface area contributed by atoms with Gasteiger partial charge in [0.25, 0.3) is 0 Å². The van der Waals surface area contributed by atoms with E-state index in [4.69, 9.17) is 5.26 Å². The number of aromatic nitrogens is 1. The largest absolute Gasteiger partial charge is 0.304 e. The molecule has 0 aromatic carbocycles. The lowest BCUT2D eigenvalue weighted by Gasteiger charge is -2.39. The van der Waals surface area contributed by atoms with Crippen LogP contribution in [0, 0.1) is 28.6 Å². The van der Waals surface area contributed by atoms with Gasteiger partial charge in [-0.25, -0.2) is 4.98 Å². The first-order chi connectivity index (χ1) is 12.1. The van der Waals surface area contributed by atoms with Crippen LogP contribution in [0.4, 0.5) is 0 Å². The molecule has 1 fully saturated rings. The van der Waals surface area contributed by atoms with E-state index in [-0.39, 0.29) is 11.0 Å². The molecule has 1 aromatic heterocycles. The molecule has 0 amide bonds. The van der Waals surface area contributed by atoms with Gasteiger partial charge in [-0.05, 0) is 59.7 Å². The second-order valence-electron chi connectivity index (χ2n) is 7.68. The molecular formula is C22H36N4. The fourth-order valence-electron chi connectivity index (χ4n) is 2.12. The normalized spacial score (nSPS) is 15.2. The quantitative estimate of drug-likeness (QED) is 0.712. The van der Waals surface area contributed by atoms with Gasteiger partial charge in [-0.2, -0.15) is 5.26 Å². The van der Waals surface area contributed by atoms with Gasteiger partial charge >= 0.3 is 0 Å². The van der Waals surface area contributed by atoms with Gasteiger partial charge in [0.15, 0.2) is 0 Å². The first kappa shape index (κ1) is 24.1. The topological polar surface area (TPSA) is 43.2 Å². The zero-order valence-electron chi connectivity index (χ0n) is 17.9. The minimum absolute atomic E-state index is 0.0531. The number of piperazine rings is 1. The maximum Gasteiger partial charge on any atom is 0.113 e. The second kappa shape index (κ2) is 11.7. The van der Waals surface area contributed by atoms with E-state index in [0.717, 1.165) is 31.9 Å². The van der Waals surface area contributed by atoms with Gasteiger partial charge in [-0.15, -0.1) is 0 Å². The average Bonchev–Trinajstić information content (AvgIpc) is 2.63. The number of nitriles is 1. The first-order valence-corrected chi connectivity index (χ1v) is 9.43. The Balaban J connectivity index is 0.000000439. The molecule has 0 spiro atoms. The molecule has 144 valence electrons. The van der Waals surface area contributed by atoms with Crippen LogP contribution < -0.4 is 0 Å². The fourth-order valence-corrected chi connectivity index (χ4v) is 2.12. The van der Waals surface area contributed by atoms with E-state index in [1.54, 1.807) is 6.20 Å². The number of pyridine rings is 1. The summed E-state index contributed by atoms with van der Waals surface area (Å²) >= 11 is 0. The third-order valence-electron chi connectivity index (χ3n) is 3.80. The minimum Gasteiger partial charge on any atom is -0.304 e. The highest BCUT2D eigenvalue weighted by Crippen LogP contribution is 2.14. The summed E-state index contributed by atoms with van der Waals surface area (Å²) < 4.78 is 0. The molecule has 0 N–H and O–H groups in total. The predicted molar refractivity (Wildman–Crippen MR) is 111 cm³/mol. The molecule has 26 heavy (non-hydrogen) atoms. The molecule has 0 atom stereocenters. The molecular weight excluding hydrogens is 320 g/mol. The van der Waals surface area contributed by atoms with Crippen molar-refractivity contribution in [2.75, 3.05) is 33.2 Å². The number of nitrogens with zero attached hydrogens (tertiary/aromatic N) is 4. The van der Waals surface area contributed by atoms with E-state index in [9.17, 15) is 0 Å². The monoisotopic (exact) mass is 356 g/mol. The summed E-state index contributed by atoms with van der Waals surface area (Å²) in [4.78, 5) is 8.65. The number of rotatable bonds is 1. The van der Waals surface area contributed by atoms with Crippen LogP contribution in [-0.2, 0) is 0 Å². The van der Waals surface area contributed by atoms with Crippen molar-refractivity contribution < 1.29 is 0 Å². The number of hydrogen-bond acceptors (Lipinski definition) is 4. The Hall–Kier alpha value is -1.88. The third-order valence-corrected chi connectivity index (χ3v) is 3.80. The molecule has 4 heteroatoms. The van der Waals surface area contributed by atoms with Crippen molar-refractivity contribution in [2.45, 2.75) is 54.0 Å². The van der Waals surface area contributed by atoms with Crippen LogP contribution in [0.25, 0.3) is 0 Å². The Labute approximate surface area is 161 Å². The third kappa shape index (κ3) is 10.2. The molecule has 2 rings (SSSR count). The fraction of sp³-hybridized carbons (Fsp3) is 0.636. The van der Waals surface area contributed by atoms with E-state index in [0.29, 0.717) is 0 Å². The number of likely N-dealkylation sites (N-methyl/N-ethyl adjacent to an activating group) is 1. The maximum absolute atomic E-state index is 8.91. The van der Waals surface area contributed by atoms with Crippen molar-refractivity contribution in [1.82, 2.24) is 14.8 Å². The molecule has 0 radical (unpaired) electrons. The van der Waals surface area contributed by atoms with Gasteiger partial charge in [0.05, 0.1) is 6.07 Å². The smallest absolute Gasteiger partial charge is 0.113 e. The van der Waals surface area contributed by atoms with Crippen LogP contribution in [0.5, 0.6) is 0 Å². The number of hydrogen-bond donors (Lipinski definition) is 0. The SMILES string of the molecule is CC.CC(C)(C)C#Cc1ccccn1.CN1CCN(C(C)(C)C#N)CC1. The summed E-state index contributed by atoms with van der Waals surface area (Å²) in [5.74, 6) is 6.15. The lowest BCUT2D eigenvalue weighted by Crippen LogP contribution is -2.53.